The van der Waals surface area contributed by atoms with E-state index in [0.29, 0.717) is 11.4 Å². The molecule has 6 nitrogen and oxygen atoms in total. The Balaban J connectivity index is 3.06. The molecule has 0 saturated heterocycles. The standard InChI is InChI=1S/C10H12N2O4/c1-16-10(15)12(6-9(13)14)8-5-3-2-4-7(8)11/h2-5H,6,11H2,1H3,(H,13,14). The molecule has 0 radical (unpaired) electrons. The van der Waals surface area contributed by atoms with Crippen LogP contribution in [0.15, 0.2) is 24.3 Å². The van der Waals surface area contributed by atoms with E-state index in [0.717, 1.165) is 4.90 Å². The van der Waals surface area contributed by atoms with E-state index in [2.05, 4.69) is 4.74 Å². The van der Waals surface area contributed by atoms with E-state index < -0.39 is 18.6 Å². The molecule has 1 aromatic rings. The van der Waals surface area contributed by atoms with Crippen LogP contribution < -0.4 is 10.6 Å². The highest BCUT2D eigenvalue weighted by Gasteiger charge is 2.20. The van der Waals surface area contributed by atoms with Crippen molar-refractivity contribution in [3.8, 4) is 0 Å². The van der Waals surface area contributed by atoms with Gasteiger partial charge in [0.25, 0.3) is 0 Å². The molecule has 1 amide bonds. The second-order valence-electron chi connectivity index (χ2n) is 3.01. The van der Waals surface area contributed by atoms with Gasteiger partial charge in [0.1, 0.15) is 6.54 Å². The number of rotatable bonds is 3. The third-order valence-electron chi connectivity index (χ3n) is 1.92. The number of benzene rings is 1. The summed E-state index contributed by atoms with van der Waals surface area (Å²) in [5, 5.41) is 8.69. The summed E-state index contributed by atoms with van der Waals surface area (Å²) in [6, 6.07) is 6.47. The zero-order valence-electron chi connectivity index (χ0n) is 8.71. The van der Waals surface area contributed by atoms with Gasteiger partial charge in [-0.3, -0.25) is 9.69 Å². The minimum Gasteiger partial charge on any atom is -0.480 e. The molecule has 16 heavy (non-hydrogen) atoms. The van der Waals surface area contributed by atoms with Gasteiger partial charge in [-0.2, -0.15) is 0 Å². The second kappa shape index (κ2) is 5.01. The number of carboxylic acids is 1. The number of nitrogens with two attached hydrogens (primary N) is 1. The van der Waals surface area contributed by atoms with Crippen molar-refractivity contribution < 1.29 is 19.4 Å². The molecule has 3 N–H and O–H groups in total. The quantitative estimate of drug-likeness (QED) is 0.745. The number of methoxy groups -OCH3 is 1. The van der Waals surface area contributed by atoms with Gasteiger partial charge in [0.05, 0.1) is 18.5 Å². The van der Waals surface area contributed by atoms with E-state index >= 15 is 0 Å². The molecule has 1 aromatic carbocycles. The van der Waals surface area contributed by atoms with Crippen molar-refractivity contribution in [1.82, 2.24) is 0 Å². The van der Waals surface area contributed by atoms with E-state index in [1.54, 1.807) is 24.3 Å². The van der Waals surface area contributed by atoms with Crippen LogP contribution in [-0.4, -0.2) is 30.8 Å². The van der Waals surface area contributed by atoms with Gasteiger partial charge in [0.2, 0.25) is 0 Å². The number of anilines is 2. The molecule has 0 saturated carbocycles. The SMILES string of the molecule is COC(=O)N(CC(=O)O)c1ccccc1N. The lowest BCUT2D eigenvalue weighted by Gasteiger charge is -2.20. The summed E-state index contributed by atoms with van der Waals surface area (Å²) in [5.41, 5.74) is 6.28. The molecule has 0 heterocycles. The Hall–Kier alpha value is -2.24. The molecule has 86 valence electrons. The molecule has 1 rings (SSSR count). The van der Waals surface area contributed by atoms with Crippen molar-refractivity contribution in [3.05, 3.63) is 24.3 Å². The first-order valence-electron chi connectivity index (χ1n) is 4.48. The molecular formula is C10H12N2O4. The summed E-state index contributed by atoms with van der Waals surface area (Å²) in [7, 11) is 1.18. The number of carboxylic acid groups (broad SMARTS) is 1. The van der Waals surface area contributed by atoms with Gasteiger partial charge in [0, 0.05) is 0 Å². The number of hydrogen-bond acceptors (Lipinski definition) is 4. The second-order valence-corrected chi connectivity index (χ2v) is 3.01. The Kier molecular flexibility index (Phi) is 3.71. The summed E-state index contributed by atoms with van der Waals surface area (Å²) < 4.78 is 4.49. The van der Waals surface area contributed by atoms with E-state index in [4.69, 9.17) is 10.8 Å². The molecule has 0 aliphatic rings. The molecule has 0 atom stereocenters. The summed E-state index contributed by atoms with van der Waals surface area (Å²) in [6.07, 6.45) is -0.764. The van der Waals surface area contributed by atoms with E-state index in [-0.39, 0.29) is 0 Å². The Bertz CT molecular complexity index is 406. The molecule has 0 aromatic heterocycles. The fourth-order valence-corrected chi connectivity index (χ4v) is 1.23. The minimum atomic E-state index is -1.14. The first-order valence-corrected chi connectivity index (χ1v) is 4.48. The lowest BCUT2D eigenvalue weighted by atomic mass is 10.2. The Morgan fingerprint density at radius 3 is 2.56 bits per heavy atom. The minimum absolute atomic E-state index is 0.314. The fraction of sp³-hybridized carbons (Fsp3) is 0.200. The van der Waals surface area contributed by atoms with Crippen LogP contribution in [0.25, 0.3) is 0 Å². The number of para-hydroxylation sites is 2. The number of nitrogen functional groups attached to an aromatic ring is 1. The van der Waals surface area contributed by atoms with Crippen LogP contribution in [0.2, 0.25) is 0 Å². The Labute approximate surface area is 92.2 Å². The average Bonchev–Trinajstić information content (AvgIpc) is 2.26. The third kappa shape index (κ3) is 2.63. The molecular weight excluding hydrogens is 212 g/mol. The van der Waals surface area contributed by atoms with Crippen LogP contribution in [0.3, 0.4) is 0 Å². The average molecular weight is 224 g/mol. The Morgan fingerprint density at radius 1 is 1.44 bits per heavy atom. The number of nitrogens with zero attached hydrogens (tertiary/aromatic N) is 1. The topological polar surface area (TPSA) is 92.9 Å². The molecule has 6 heteroatoms. The molecule has 0 spiro atoms. The van der Waals surface area contributed by atoms with Crippen molar-refractivity contribution in [2.75, 3.05) is 24.3 Å². The number of carbonyl (C=O) groups is 2. The molecule has 0 aliphatic heterocycles. The molecule has 0 aliphatic carbocycles. The van der Waals surface area contributed by atoms with Gasteiger partial charge >= 0.3 is 12.1 Å². The zero-order valence-corrected chi connectivity index (χ0v) is 8.71. The monoisotopic (exact) mass is 224 g/mol. The summed E-state index contributed by atoms with van der Waals surface area (Å²) >= 11 is 0. The van der Waals surface area contributed by atoms with E-state index in [1.807, 2.05) is 0 Å². The molecule has 0 fully saturated rings. The summed E-state index contributed by atoms with van der Waals surface area (Å²) in [5.74, 6) is -1.14. The number of ether oxygens (including phenoxy) is 1. The van der Waals surface area contributed by atoms with Crippen LogP contribution in [0.4, 0.5) is 16.2 Å². The van der Waals surface area contributed by atoms with E-state index in [9.17, 15) is 9.59 Å². The van der Waals surface area contributed by atoms with Gasteiger partial charge < -0.3 is 15.6 Å². The maximum atomic E-state index is 11.4. The van der Waals surface area contributed by atoms with Crippen LogP contribution in [0, 0.1) is 0 Å². The van der Waals surface area contributed by atoms with E-state index in [1.165, 1.54) is 7.11 Å². The normalized spacial score (nSPS) is 9.56. The largest absolute Gasteiger partial charge is 0.480 e. The first-order chi connectivity index (χ1) is 7.56. The highest BCUT2D eigenvalue weighted by atomic mass is 16.5. The van der Waals surface area contributed by atoms with Gasteiger partial charge in [-0.1, -0.05) is 12.1 Å². The van der Waals surface area contributed by atoms with Crippen molar-refractivity contribution in [2.45, 2.75) is 0 Å². The number of carbonyl (C=O) groups excluding carboxylic acids is 1. The maximum absolute atomic E-state index is 11.4. The van der Waals surface area contributed by atoms with Crippen LogP contribution in [0.5, 0.6) is 0 Å². The first kappa shape index (κ1) is 11.8. The Morgan fingerprint density at radius 2 is 2.06 bits per heavy atom. The highest BCUT2D eigenvalue weighted by Crippen LogP contribution is 2.22. The molecule has 0 bridgehead atoms. The zero-order chi connectivity index (χ0) is 12.1. The van der Waals surface area contributed by atoms with Crippen LogP contribution >= 0.6 is 0 Å². The van der Waals surface area contributed by atoms with Gasteiger partial charge in [0.15, 0.2) is 0 Å². The van der Waals surface area contributed by atoms with Crippen LogP contribution in [0.1, 0.15) is 0 Å². The highest BCUT2D eigenvalue weighted by molar-refractivity contribution is 5.95. The summed E-state index contributed by atoms with van der Waals surface area (Å²) in [6.45, 7) is -0.499. The maximum Gasteiger partial charge on any atom is 0.414 e. The fourth-order valence-electron chi connectivity index (χ4n) is 1.23. The van der Waals surface area contributed by atoms with Gasteiger partial charge in [-0.05, 0) is 12.1 Å². The smallest absolute Gasteiger partial charge is 0.414 e. The van der Waals surface area contributed by atoms with Crippen LogP contribution in [-0.2, 0) is 9.53 Å². The predicted molar refractivity (Wildman–Crippen MR) is 58.2 cm³/mol. The number of amides is 1. The number of hydrogen-bond donors (Lipinski definition) is 2. The summed E-state index contributed by atoms with van der Waals surface area (Å²) in [4.78, 5) is 23.0. The third-order valence-corrected chi connectivity index (χ3v) is 1.92. The van der Waals surface area contributed by atoms with Crippen molar-refractivity contribution in [2.24, 2.45) is 0 Å². The van der Waals surface area contributed by atoms with Crippen molar-refractivity contribution in [1.29, 1.82) is 0 Å². The number of aliphatic carboxylic acids is 1. The van der Waals surface area contributed by atoms with Crippen molar-refractivity contribution >= 4 is 23.4 Å². The molecule has 0 unspecified atom stereocenters. The van der Waals surface area contributed by atoms with Gasteiger partial charge in [-0.15, -0.1) is 0 Å². The lowest BCUT2D eigenvalue weighted by Crippen LogP contribution is -2.36. The predicted octanol–water partition coefficient (Wildman–Crippen LogP) is 0.926. The van der Waals surface area contributed by atoms with Crippen molar-refractivity contribution in [3.63, 3.8) is 0 Å². The van der Waals surface area contributed by atoms with Gasteiger partial charge in [-0.25, -0.2) is 4.79 Å². The lowest BCUT2D eigenvalue weighted by molar-refractivity contribution is -0.135.